The van der Waals surface area contributed by atoms with Gasteiger partial charge in [-0.2, -0.15) is 0 Å². The third kappa shape index (κ3) is 5.33. The molecule has 2 aromatic rings. The molecule has 0 bridgehead atoms. The van der Waals surface area contributed by atoms with E-state index in [1.807, 2.05) is 51.1 Å². The van der Waals surface area contributed by atoms with Crippen LogP contribution in [0.25, 0.3) is 0 Å². The average molecular weight is 355 g/mol. The highest BCUT2D eigenvalue weighted by atomic mass is 16.5. The molecule has 0 aliphatic rings. The maximum absolute atomic E-state index is 12.7. The number of rotatable bonds is 9. The van der Waals surface area contributed by atoms with E-state index in [-0.39, 0.29) is 5.91 Å². The number of carbonyl (C=O) groups excluding carboxylic acids is 1. The summed E-state index contributed by atoms with van der Waals surface area (Å²) in [5.41, 5.74) is 4.57. The van der Waals surface area contributed by atoms with E-state index in [0.717, 1.165) is 41.0 Å². The van der Waals surface area contributed by atoms with Gasteiger partial charge in [0, 0.05) is 23.4 Å². The molecule has 2 aromatic carbocycles. The van der Waals surface area contributed by atoms with Gasteiger partial charge in [-0.1, -0.05) is 25.5 Å². The highest BCUT2D eigenvalue weighted by Gasteiger charge is 2.12. The Morgan fingerprint density at radius 1 is 1.12 bits per heavy atom. The maximum atomic E-state index is 12.7. The molecule has 4 nitrogen and oxygen atoms in total. The zero-order chi connectivity index (χ0) is 18.9. The third-order valence-electron chi connectivity index (χ3n) is 4.38. The predicted octanol–water partition coefficient (Wildman–Crippen LogP) is 5.27. The maximum Gasteiger partial charge on any atom is 0.255 e. The van der Waals surface area contributed by atoms with Crippen LogP contribution >= 0.6 is 0 Å². The van der Waals surface area contributed by atoms with Crippen LogP contribution in [0.3, 0.4) is 0 Å². The second kappa shape index (κ2) is 9.97. The number of ether oxygens (including phenoxy) is 2. The molecule has 2 rings (SSSR count). The van der Waals surface area contributed by atoms with E-state index >= 15 is 0 Å². The molecule has 1 amide bonds. The number of hydrogen-bond acceptors (Lipinski definition) is 3. The number of nitrogens with one attached hydrogen (secondary N) is 1. The highest BCUT2D eigenvalue weighted by Crippen LogP contribution is 2.23. The first kappa shape index (κ1) is 20.0. The summed E-state index contributed by atoms with van der Waals surface area (Å²) in [6.45, 7) is 9.86. The molecular weight excluding hydrogens is 326 g/mol. The molecular formula is C22H29NO3. The molecule has 0 saturated carbocycles. The molecule has 0 aliphatic carbocycles. The quantitative estimate of drug-likeness (QED) is 0.623. The highest BCUT2D eigenvalue weighted by molar-refractivity contribution is 6.04. The van der Waals surface area contributed by atoms with Crippen LogP contribution in [-0.2, 0) is 11.3 Å². The molecule has 0 radical (unpaired) electrons. The Balaban J connectivity index is 2.16. The zero-order valence-corrected chi connectivity index (χ0v) is 16.2. The van der Waals surface area contributed by atoms with Gasteiger partial charge < -0.3 is 14.8 Å². The summed E-state index contributed by atoms with van der Waals surface area (Å²) in [6.07, 6.45) is 2.12. The van der Waals surface area contributed by atoms with Gasteiger partial charge in [-0.25, -0.2) is 0 Å². The second-order valence-electron chi connectivity index (χ2n) is 6.36. The lowest BCUT2D eigenvalue weighted by Gasteiger charge is -2.14. The minimum atomic E-state index is -0.128. The van der Waals surface area contributed by atoms with Crippen LogP contribution in [0.5, 0.6) is 5.75 Å². The van der Waals surface area contributed by atoms with Crippen LogP contribution < -0.4 is 10.1 Å². The smallest absolute Gasteiger partial charge is 0.255 e. The van der Waals surface area contributed by atoms with E-state index in [9.17, 15) is 4.79 Å². The van der Waals surface area contributed by atoms with Crippen molar-refractivity contribution in [2.75, 3.05) is 18.5 Å². The monoisotopic (exact) mass is 355 g/mol. The minimum absolute atomic E-state index is 0.128. The molecule has 0 saturated heterocycles. The summed E-state index contributed by atoms with van der Waals surface area (Å²) in [4.78, 5) is 12.7. The lowest BCUT2D eigenvalue weighted by Crippen LogP contribution is -2.14. The minimum Gasteiger partial charge on any atom is -0.494 e. The van der Waals surface area contributed by atoms with Crippen molar-refractivity contribution in [2.45, 2.75) is 47.1 Å². The van der Waals surface area contributed by atoms with E-state index in [4.69, 9.17) is 9.47 Å². The summed E-state index contributed by atoms with van der Waals surface area (Å²) in [7, 11) is 0. The molecule has 0 atom stereocenters. The van der Waals surface area contributed by atoms with Crippen LogP contribution in [0.2, 0.25) is 0 Å². The first-order chi connectivity index (χ1) is 12.6. The first-order valence-electron chi connectivity index (χ1n) is 9.27. The largest absolute Gasteiger partial charge is 0.494 e. The molecule has 4 heteroatoms. The van der Waals surface area contributed by atoms with Crippen molar-refractivity contribution in [2.24, 2.45) is 0 Å². The van der Waals surface area contributed by atoms with Gasteiger partial charge in [0.05, 0.1) is 13.2 Å². The van der Waals surface area contributed by atoms with Gasteiger partial charge in [-0.3, -0.25) is 4.79 Å². The SMILES string of the molecule is CCCCOCc1cc(C(=O)Nc2cccc(C)c2C)ccc1OCC. The van der Waals surface area contributed by atoms with E-state index in [0.29, 0.717) is 25.4 Å². The lowest BCUT2D eigenvalue weighted by molar-refractivity contribution is 0.102. The molecule has 140 valence electrons. The molecule has 1 N–H and O–H groups in total. The van der Waals surface area contributed by atoms with Gasteiger partial charge in [-0.15, -0.1) is 0 Å². The Kier molecular flexibility index (Phi) is 7.67. The summed E-state index contributed by atoms with van der Waals surface area (Å²) < 4.78 is 11.4. The van der Waals surface area contributed by atoms with Crippen molar-refractivity contribution < 1.29 is 14.3 Å². The lowest BCUT2D eigenvalue weighted by atomic mass is 10.1. The number of benzene rings is 2. The van der Waals surface area contributed by atoms with Gasteiger partial charge >= 0.3 is 0 Å². The van der Waals surface area contributed by atoms with E-state index in [1.54, 1.807) is 6.07 Å². The summed E-state index contributed by atoms with van der Waals surface area (Å²) in [5.74, 6) is 0.642. The normalized spacial score (nSPS) is 10.6. The molecule has 0 aromatic heterocycles. The number of aryl methyl sites for hydroxylation is 1. The molecule has 26 heavy (non-hydrogen) atoms. The van der Waals surface area contributed by atoms with Crippen molar-refractivity contribution in [3.05, 3.63) is 58.7 Å². The van der Waals surface area contributed by atoms with Gasteiger partial charge in [-0.05, 0) is 62.6 Å². The Labute approximate surface area is 156 Å². The number of hydrogen-bond donors (Lipinski definition) is 1. The van der Waals surface area contributed by atoms with Crippen molar-refractivity contribution >= 4 is 11.6 Å². The summed E-state index contributed by atoms with van der Waals surface area (Å²) in [5, 5.41) is 3.00. The first-order valence-corrected chi connectivity index (χ1v) is 9.27. The van der Waals surface area contributed by atoms with Crippen LogP contribution in [-0.4, -0.2) is 19.1 Å². The Hall–Kier alpha value is -2.33. The van der Waals surface area contributed by atoms with Crippen molar-refractivity contribution in [1.82, 2.24) is 0 Å². The fraction of sp³-hybridized carbons (Fsp3) is 0.409. The zero-order valence-electron chi connectivity index (χ0n) is 16.2. The Morgan fingerprint density at radius 3 is 2.65 bits per heavy atom. The van der Waals surface area contributed by atoms with E-state index in [1.165, 1.54) is 0 Å². The number of amides is 1. The van der Waals surface area contributed by atoms with Gasteiger partial charge in [0.2, 0.25) is 0 Å². The van der Waals surface area contributed by atoms with Crippen LogP contribution in [0.15, 0.2) is 36.4 Å². The fourth-order valence-electron chi connectivity index (χ4n) is 2.64. The van der Waals surface area contributed by atoms with E-state index in [2.05, 4.69) is 12.2 Å². The molecule has 0 fully saturated rings. The Morgan fingerprint density at radius 2 is 1.92 bits per heavy atom. The number of unbranched alkanes of at least 4 members (excludes halogenated alkanes) is 1. The number of carbonyl (C=O) groups is 1. The van der Waals surface area contributed by atoms with E-state index < -0.39 is 0 Å². The van der Waals surface area contributed by atoms with Crippen molar-refractivity contribution in [1.29, 1.82) is 0 Å². The fourth-order valence-corrected chi connectivity index (χ4v) is 2.64. The van der Waals surface area contributed by atoms with Crippen LogP contribution in [0, 0.1) is 13.8 Å². The summed E-state index contributed by atoms with van der Waals surface area (Å²) in [6, 6.07) is 11.4. The second-order valence-corrected chi connectivity index (χ2v) is 6.36. The Bertz CT molecular complexity index is 740. The molecule has 0 heterocycles. The van der Waals surface area contributed by atoms with Gasteiger partial charge in [0.15, 0.2) is 0 Å². The third-order valence-corrected chi connectivity index (χ3v) is 4.38. The average Bonchev–Trinajstić information content (AvgIpc) is 2.64. The van der Waals surface area contributed by atoms with Crippen molar-refractivity contribution in [3.8, 4) is 5.75 Å². The van der Waals surface area contributed by atoms with Gasteiger partial charge in [0.25, 0.3) is 5.91 Å². The van der Waals surface area contributed by atoms with Crippen LogP contribution in [0.4, 0.5) is 5.69 Å². The number of anilines is 1. The van der Waals surface area contributed by atoms with Crippen molar-refractivity contribution in [3.63, 3.8) is 0 Å². The van der Waals surface area contributed by atoms with Gasteiger partial charge in [0.1, 0.15) is 5.75 Å². The molecule has 0 unspecified atom stereocenters. The molecule has 0 spiro atoms. The predicted molar refractivity (Wildman–Crippen MR) is 106 cm³/mol. The topological polar surface area (TPSA) is 47.6 Å². The van der Waals surface area contributed by atoms with Crippen LogP contribution in [0.1, 0.15) is 53.7 Å². The molecule has 0 aliphatic heterocycles. The summed E-state index contributed by atoms with van der Waals surface area (Å²) >= 11 is 0. The standard InChI is InChI=1S/C22H29NO3/c1-5-7-13-25-15-19-14-18(11-12-21(19)26-6-2)22(24)23-20-10-8-9-16(3)17(20)4/h8-12,14H,5-7,13,15H2,1-4H3,(H,23,24).